The van der Waals surface area contributed by atoms with E-state index in [4.69, 9.17) is 18.9 Å². The van der Waals surface area contributed by atoms with Gasteiger partial charge in [-0.15, -0.1) is 0 Å². The molecule has 0 aliphatic carbocycles. The number of ether oxygens (including phenoxy) is 4. The average molecular weight is 968 g/mol. The van der Waals surface area contributed by atoms with Crippen LogP contribution in [-0.2, 0) is 23.7 Å². The van der Waals surface area contributed by atoms with Gasteiger partial charge in [-0.05, 0) is 70.6 Å². The second-order valence-electron chi connectivity index (χ2n) is 19.0. The van der Waals surface area contributed by atoms with E-state index in [9.17, 15) is 45.6 Å². The monoisotopic (exact) mass is 968 g/mol. The molecular weight excluding hydrogens is 871 g/mol. The molecule has 14 heteroatoms. The van der Waals surface area contributed by atoms with Gasteiger partial charge in [0.1, 0.15) is 48.8 Å². The van der Waals surface area contributed by atoms with Gasteiger partial charge in [-0.25, -0.2) is 0 Å². The molecule has 2 fully saturated rings. The van der Waals surface area contributed by atoms with Crippen molar-refractivity contribution in [2.45, 2.75) is 267 Å². The molecule has 14 nitrogen and oxygen atoms in total. The number of hydrogen-bond acceptors (Lipinski definition) is 13. The smallest absolute Gasteiger partial charge is 0.220 e. The first-order valence-corrected chi connectivity index (χ1v) is 26.9. The standard InChI is InChI=1S/C54H97NO13/c1-3-5-7-9-11-13-15-17-19-20-21-22-24-25-27-29-31-33-35-37-43(58)42(55-46(59)38-36-34-32-30-28-26-23-18-16-14-12-10-8-6-4-2)41-65-53-51(64)49(62)52(45(40-57)67-53)68-54-50(63)48(61)47(60)44(39-56)66-54/h18,21-23,27,29,35,37,42-45,47-54,56-58,60-64H,3-17,19-20,24-26,28,30-34,36,38-41H2,1-2H3,(H,55,59)/b22-21+,23-18-,29-27+,37-35+. The van der Waals surface area contributed by atoms with Gasteiger partial charge >= 0.3 is 0 Å². The predicted molar refractivity (Wildman–Crippen MR) is 267 cm³/mol. The molecule has 2 aliphatic rings. The molecule has 396 valence electrons. The number of unbranched alkanes of at least 4 members (excludes halogenated alkanes) is 22. The van der Waals surface area contributed by atoms with Crippen LogP contribution in [0.15, 0.2) is 48.6 Å². The lowest BCUT2D eigenvalue weighted by Gasteiger charge is -2.46. The summed E-state index contributed by atoms with van der Waals surface area (Å²) in [6, 6.07) is -0.941. The number of carbonyl (C=O) groups excluding carboxylic acids is 1. The molecule has 12 unspecified atom stereocenters. The Hall–Kier alpha value is -2.05. The van der Waals surface area contributed by atoms with E-state index in [0.717, 1.165) is 64.2 Å². The predicted octanol–water partition coefficient (Wildman–Crippen LogP) is 7.66. The largest absolute Gasteiger partial charge is 0.394 e. The summed E-state index contributed by atoms with van der Waals surface area (Å²) in [6.45, 7) is 2.74. The van der Waals surface area contributed by atoms with Gasteiger partial charge in [0.05, 0.1) is 32.0 Å². The van der Waals surface area contributed by atoms with E-state index in [1.807, 2.05) is 6.08 Å². The first-order chi connectivity index (χ1) is 33.1. The molecule has 9 N–H and O–H groups in total. The number of aliphatic hydroxyl groups excluding tert-OH is 8. The first kappa shape index (κ1) is 62.1. The lowest BCUT2D eigenvalue weighted by molar-refractivity contribution is -0.359. The van der Waals surface area contributed by atoms with Gasteiger partial charge < -0.3 is 65.1 Å². The molecule has 2 aliphatic heterocycles. The fraction of sp³-hybridized carbons (Fsp3) is 0.833. The summed E-state index contributed by atoms with van der Waals surface area (Å²) in [7, 11) is 0. The van der Waals surface area contributed by atoms with Crippen molar-refractivity contribution in [3.63, 3.8) is 0 Å². The molecular formula is C54H97NO13. The molecule has 0 aromatic heterocycles. The molecule has 2 heterocycles. The zero-order valence-corrected chi connectivity index (χ0v) is 42.1. The van der Waals surface area contributed by atoms with Crippen molar-refractivity contribution in [2.24, 2.45) is 0 Å². The normalized spacial score (nSPS) is 26.7. The van der Waals surface area contributed by atoms with E-state index in [2.05, 4.69) is 55.6 Å². The van der Waals surface area contributed by atoms with Crippen molar-refractivity contribution in [2.75, 3.05) is 19.8 Å². The van der Waals surface area contributed by atoms with Crippen molar-refractivity contribution in [1.82, 2.24) is 5.32 Å². The number of amides is 1. The number of hydrogen-bond donors (Lipinski definition) is 9. The van der Waals surface area contributed by atoms with E-state index in [0.29, 0.717) is 12.8 Å². The molecule has 0 spiro atoms. The van der Waals surface area contributed by atoms with Crippen LogP contribution < -0.4 is 5.32 Å². The third-order valence-electron chi connectivity index (χ3n) is 13.0. The lowest BCUT2D eigenvalue weighted by Crippen LogP contribution is -2.65. The highest BCUT2D eigenvalue weighted by atomic mass is 16.7. The zero-order chi connectivity index (χ0) is 49.6. The third-order valence-corrected chi connectivity index (χ3v) is 13.0. The Morgan fingerprint density at radius 2 is 0.941 bits per heavy atom. The van der Waals surface area contributed by atoms with Crippen molar-refractivity contribution >= 4 is 5.91 Å². The topological polar surface area (TPSA) is 228 Å². The second kappa shape index (κ2) is 40.5. The van der Waals surface area contributed by atoms with Gasteiger partial charge in [0.25, 0.3) is 0 Å². The molecule has 1 amide bonds. The van der Waals surface area contributed by atoms with Gasteiger partial charge in [0, 0.05) is 6.42 Å². The van der Waals surface area contributed by atoms with E-state index in [-0.39, 0.29) is 18.9 Å². The SMILES string of the molecule is CCCCCCCC/C=C\CCCCCCCC(=O)NC(COC1OC(CO)C(OC2OC(CO)C(O)C(O)C2O)C(O)C1O)C(O)/C=C/CC/C=C/CC/C=C/CCCCCCCCCCC. The van der Waals surface area contributed by atoms with E-state index >= 15 is 0 Å². The zero-order valence-electron chi connectivity index (χ0n) is 42.1. The minimum Gasteiger partial charge on any atom is -0.394 e. The van der Waals surface area contributed by atoms with Gasteiger partial charge in [0.15, 0.2) is 12.6 Å². The highest BCUT2D eigenvalue weighted by Crippen LogP contribution is 2.30. The number of allylic oxidation sites excluding steroid dienone is 7. The summed E-state index contributed by atoms with van der Waals surface area (Å²) < 4.78 is 22.7. The van der Waals surface area contributed by atoms with E-state index < -0.39 is 86.8 Å². The summed E-state index contributed by atoms with van der Waals surface area (Å²) >= 11 is 0. The van der Waals surface area contributed by atoms with Gasteiger partial charge in [-0.1, -0.05) is 165 Å². The van der Waals surface area contributed by atoms with Gasteiger partial charge in [-0.2, -0.15) is 0 Å². The fourth-order valence-corrected chi connectivity index (χ4v) is 8.55. The van der Waals surface area contributed by atoms with Crippen molar-refractivity contribution in [3.05, 3.63) is 48.6 Å². The van der Waals surface area contributed by atoms with Crippen LogP contribution in [0.4, 0.5) is 0 Å². The number of rotatable bonds is 41. The van der Waals surface area contributed by atoms with Crippen LogP contribution in [0.1, 0.15) is 194 Å². The molecule has 2 rings (SSSR count). The summed E-state index contributed by atoms with van der Waals surface area (Å²) in [5.74, 6) is -0.264. The highest BCUT2D eigenvalue weighted by molar-refractivity contribution is 5.76. The number of carbonyl (C=O) groups is 1. The van der Waals surface area contributed by atoms with Gasteiger partial charge in [0.2, 0.25) is 5.91 Å². The summed E-state index contributed by atoms with van der Waals surface area (Å²) in [6.07, 6.45) is 31.5. The van der Waals surface area contributed by atoms with Crippen LogP contribution >= 0.6 is 0 Å². The summed E-state index contributed by atoms with van der Waals surface area (Å²) in [5, 5.41) is 86.8. The van der Waals surface area contributed by atoms with Crippen LogP contribution in [0, 0.1) is 0 Å². The fourth-order valence-electron chi connectivity index (χ4n) is 8.55. The quantitative estimate of drug-likeness (QED) is 0.0212. The maximum Gasteiger partial charge on any atom is 0.220 e. The molecule has 68 heavy (non-hydrogen) atoms. The third kappa shape index (κ3) is 27.0. The van der Waals surface area contributed by atoms with Crippen LogP contribution in [0.5, 0.6) is 0 Å². The van der Waals surface area contributed by atoms with Gasteiger partial charge in [-0.3, -0.25) is 4.79 Å². The Morgan fingerprint density at radius 3 is 1.44 bits per heavy atom. The van der Waals surface area contributed by atoms with E-state index in [1.165, 1.54) is 96.3 Å². The van der Waals surface area contributed by atoms with Crippen LogP contribution in [0.2, 0.25) is 0 Å². The molecule has 0 bridgehead atoms. The maximum absolute atomic E-state index is 13.2. The van der Waals surface area contributed by atoms with Crippen LogP contribution in [-0.4, -0.2) is 140 Å². The summed E-state index contributed by atoms with van der Waals surface area (Å²) in [4.78, 5) is 13.2. The Labute approximate surface area is 410 Å². The Kier molecular flexibility index (Phi) is 37.0. The molecule has 12 atom stereocenters. The number of nitrogens with one attached hydrogen (secondary N) is 1. The average Bonchev–Trinajstić information content (AvgIpc) is 3.34. The molecule has 2 saturated heterocycles. The van der Waals surface area contributed by atoms with Crippen molar-refractivity contribution < 1.29 is 64.6 Å². The molecule has 0 saturated carbocycles. The Morgan fingerprint density at radius 1 is 0.515 bits per heavy atom. The van der Waals surface area contributed by atoms with E-state index in [1.54, 1.807) is 6.08 Å². The van der Waals surface area contributed by atoms with Crippen molar-refractivity contribution in [1.29, 1.82) is 0 Å². The number of aliphatic hydroxyl groups is 8. The Bertz CT molecular complexity index is 1330. The lowest BCUT2D eigenvalue weighted by atomic mass is 9.97. The summed E-state index contributed by atoms with van der Waals surface area (Å²) in [5.41, 5.74) is 0. The first-order valence-electron chi connectivity index (χ1n) is 26.9. The minimum atomic E-state index is -1.79. The molecule has 0 aromatic carbocycles. The second-order valence-corrected chi connectivity index (χ2v) is 19.0. The highest BCUT2D eigenvalue weighted by Gasteiger charge is 2.51. The molecule has 0 radical (unpaired) electrons. The minimum absolute atomic E-state index is 0.259. The maximum atomic E-state index is 13.2. The van der Waals surface area contributed by atoms with Crippen LogP contribution in [0.25, 0.3) is 0 Å². The van der Waals surface area contributed by atoms with Crippen molar-refractivity contribution in [3.8, 4) is 0 Å². The van der Waals surface area contributed by atoms with Crippen LogP contribution in [0.3, 0.4) is 0 Å². The Balaban J connectivity index is 1.86. The molecule has 0 aromatic rings.